The Bertz CT molecular complexity index is 835. The Labute approximate surface area is 257 Å². The van der Waals surface area contributed by atoms with Gasteiger partial charge in [0.05, 0.1) is 39.9 Å². The summed E-state index contributed by atoms with van der Waals surface area (Å²) in [6.45, 7) is 4.35. The van der Waals surface area contributed by atoms with Crippen LogP contribution in [0, 0.1) is 0 Å². The van der Waals surface area contributed by atoms with Crippen molar-refractivity contribution in [3.05, 3.63) is 48.6 Å². The number of aliphatic hydroxyl groups is 1. The molecule has 0 aliphatic heterocycles. The van der Waals surface area contributed by atoms with Gasteiger partial charge in [-0.25, -0.2) is 0 Å². The van der Waals surface area contributed by atoms with Crippen LogP contribution in [0.25, 0.3) is 0 Å². The lowest BCUT2D eigenvalue weighted by Crippen LogP contribution is -2.45. The maximum absolute atomic E-state index is 12.6. The summed E-state index contributed by atoms with van der Waals surface area (Å²) in [7, 11) is 1.23. The quantitative estimate of drug-likeness (QED) is 0.0459. The predicted octanol–water partition coefficient (Wildman–Crippen LogP) is 6.77. The minimum atomic E-state index is -4.57. The van der Waals surface area contributed by atoms with Gasteiger partial charge in [-0.1, -0.05) is 94.6 Å². The molecule has 2 N–H and O–H groups in total. The molecule has 0 aromatic rings. The molecule has 0 saturated heterocycles. The number of phosphoric ester groups is 1. The molecule has 8 nitrogen and oxygen atoms in total. The van der Waals surface area contributed by atoms with Crippen LogP contribution >= 0.6 is 7.82 Å². The number of nitrogens with one attached hydrogen (secondary N) is 1. The zero-order valence-electron chi connectivity index (χ0n) is 27.2. The lowest BCUT2D eigenvalue weighted by Gasteiger charge is -2.29. The highest BCUT2D eigenvalue weighted by molar-refractivity contribution is 7.45. The normalized spacial score (nSPS) is 15.7. The fourth-order valence-electron chi connectivity index (χ4n) is 3.93. The molecule has 0 saturated carbocycles. The number of allylic oxidation sites excluding steroid dienone is 7. The van der Waals surface area contributed by atoms with Gasteiger partial charge >= 0.3 is 0 Å². The molecule has 0 aliphatic rings. The maximum Gasteiger partial charge on any atom is 0.268 e. The highest BCUT2D eigenvalue weighted by atomic mass is 31.2. The van der Waals surface area contributed by atoms with Crippen molar-refractivity contribution in [3.8, 4) is 0 Å². The van der Waals surface area contributed by atoms with Gasteiger partial charge in [-0.05, 0) is 51.4 Å². The van der Waals surface area contributed by atoms with E-state index in [0.717, 1.165) is 83.5 Å². The Kier molecular flexibility index (Phi) is 25.0. The number of amides is 1. The summed E-state index contributed by atoms with van der Waals surface area (Å²) in [5, 5.41) is 13.4. The summed E-state index contributed by atoms with van der Waals surface area (Å²) >= 11 is 0. The number of aliphatic hydroxyl groups excluding tert-OH is 1. The average Bonchev–Trinajstić information content (AvgIpc) is 2.92. The molecule has 0 spiro atoms. The number of unbranched alkanes of at least 4 members (excludes halogenated alkanes) is 8. The molecule has 9 heteroatoms. The fourth-order valence-corrected chi connectivity index (χ4v) is 4.65. The Morgan fingerprint density at radius 3 is 2.12 bits per heavy atom. The van der Waals surface area contributed by atoms with E-state index >= 15 is 0 Å². The van der Waals surface area contributed by atoms with Crippen LogP contribution in [0.1, 0.15) is 104 Å². The van der Waals surface area contributed by atoms with Gasteiger partial charge in [0, 0.05) is 6.42 Å². The van der Waals surface area contributed by atoms with E-state index in [2.05, 4.69) is 55.6 Å². The molecular weight excluding hydrogens is 551 g/mol. The summed E-state index contributed by atoms with van der Waals surface area (Å²) in [4.78, 5) is 24.9. The predicted molar refractivity (Wildman–Crippen MR) is 173 cm³/mol. The summed E-state index contributed by atoms with van der Waals surface area (Å²) in [6.07, 6.45) is 29.1. The Balaban J connectivity index is 4.47. The monoisotopic (exact) mass is 612 g/mol. The van der Waals surface area contributed by atoms with E-state index in [0.29, 0.717) is 17.4 Å². The molecule has 0 bridgehead atoms. The molecule has 3 atom stereocenters. The van der Waals surface area contributed by atoms with Gasteiger partial charge in [0.2, 0.25) is 5.91 Å². The molecule has 0 radical (unpaired) electrons. The first-order valence-corrected chi connectivity index (χ1v) is 17.5. The van der Waals surface area contributed by atoms with Gasteiger partial charge in [0.1, 0.15) is 13.2 Å². The highest BCUT2D eigenvalue weighted by Gasteiger charge is 2.23. The Morgan fingerprint density at radius 2 is 1.45 bits per heavy atom. The third-order valence-electron chi connectivity index (χ3n) is 6.54. The van der Waals surface area contributed by atoms with E-state index in [4.69, 9.17) is 9.05 Å². The summed E-state index contributed by atoms with van der Waals surface area (Å²) in [6, 6.07) is -0.890. The molecule has 3 unspecified atom stereocenters. The molecular formula is C33H61N2O6P. The minimum Gasteiger partial charge on any atom is -0.756 e. The zero-order valence-corrected chi connectivity index (χ0v) is 28.1. The summed E-state index contributed by atoms with van der Waals surface area (Å²) in [5.74, 6) is -0.227. The smallest absolute Gasteiger partial charge is 0.268 e. The number of carbonyl (C=O) groups is 1. The number of quaternary nitrogens is 1. The SMILES string of the molecule is CC/C=C\C/C=C\C/C=C\CCCCCCCC(=O)NC(COP(=O)([O-])OCC[N+](C)(C)C)C(O)/C=C/CCCCC. The first kappa shape index (κ1) is 40.5. The van der Waals surface area contributed by atoms with Crippen LogP contribution in [0.2, 0.25) is 0 Å². The molecule has 0 aliphatic carbocycles. The Hall–Kier alpha value is -1.54. The standard InChI is InChI=1S/C33H61N2O6P/c1-6-8-10-12-13-14-15-16-17-18-19-20-21-23-25-27-33(37)34-31(32(36)26-24-22-11-9-7-2)30-41-42(38,39)40-29-28-35(3,4)5/h8,10,13-14,16-17,24,26,31-32,36H,6-7,9,11-12,15,18-23,25,27-30H2,1-5H3,(H-,34,37,38,39)/b10-8-,14-13-,17-16-,26-24+. The van der Waals surface area contributed by atoms with Crippen molar-refractivity contribution in [2.24, 2.45) is 0 Å². The van der Waals surface area contributed by atoms with Gasteiger partial charge in [0.25, 0.3) is 7.82 Å². The first-order valence-electron chi connectivity index (χ1n) is 16.0. The van der Waals surface area contributed by atoms with E-state index in [1.165, 1.54) is 0 Å². The van der Waals surface area contributed by atoms with Crippen molar-refractivity contribution in [2.45, 2.75) is 116 Å². The topological polar surface area (TPSA) is 108 Å². The first-order chi connectivity index (χ1) is 20.0. The number of carbonyl (C=O) groups excluding carboxylic acids is 1. The van der Waals surface area contributed by atoms with Crippen LogP contribution in [0.4, 0.5) is 0 Å². The highest BCUT2D eigenvalue weighted by Crippen LogP contribution is 2.38. The van der Waals surface area contributed by atoms with Crippen molar-refractivity contribution in [1.29, 1.82) is 0 Å². The molecule has 1 amide bonds. The zero-order chi connectivity index (χ0) is 31.5. The van der Waals surface area contributed by atoms with Crippen LogP contribution < -0.4 is 10.2 Å². The van der Waals surface area contributed by atoms with Gasteiger partial charge in [-0.15, -0.1) is 0 Å². The summed E-state index contributed by atoms with van der Waals surface area (Å²) in [5.41, 5.74) is 0. The number of likely N-dealkylation sites (N-methyl/N-ethyl adjacent to an activating group) is 1. The molecule has 0 heterocycles. The molecule has 0 fully saturated rings. The average molecular weight is 613 g/mol. The van der Waals surface area contributed by atoms with E-state index in [1.54, 1.807) is 6.08 Å². The second-order valence-corrected chi connectivity index (χ2v) is 13.2. The fraction of sp³-hybridized carbons (Fsp3) is 0.727. The molecule has 0 aromatic heterocycles. The third kappa shape index (κ3) is 27.3. The maximum atomic E-state index is 12.6. The van der Waals surface area contributed by atoms with Crippen molar-refractivity contribution in [3.63, 3.8) is 0 Å². The van der Waals surface area contributed by atoms with Crippen LogP contribution in [0.3, 0.4) is 0 Å². The summed E-state index contributed by atoms with van der Waals surface area (Å²) < 4.78 is 22.8. The minimum absolute atomic E-state index is 0.00792. The van der Waals surface area contributed by atoms with E-state index < -0.39 is 26.6 Å². The van der Waals surface area contributed by atoms with E-state index in [-0.39, 0.29) is 12.5 Å². The molecule has 0 rings (SSSR count). The van der Waals surface area contributed by atoms with Crippen LogP contribution in [0.15, 0.2) is 48.6 Å². The van der Waals surface area contributed by atoms with Crippen molar-refractivity contribution in [1.82, 2.24) is 5.32 Å². The van der Waals surface area contributed by atoms with Gasteiger partial charge in [0.15, 0.2) is 0 Å². The largest absolute Gasteiger partial charge is 0.756 e. The third-order valence-corrected chi connectivity index (χ3v) is 7.51. The number of hydrogen-bond donors (Lipinski definition) is 2. The van der Waals surface area contributed by atoms with Crippen molar-refractivity contribution < 1.29 is 32.9 Å². The van der Waals surface area contributed by atoms with Crippen molar-refractivity contribution >= 4 is 13.7 Å². The van der Waals surface area contributed by atoms with E-state index in [9.17, 15) is 19.4 Å². The second kappa shape index (κ2) is 25.9. The van der Waals surface area contributed by atoms with Crippen LogP contribution in [0.5, 0.6) is 0 Å². The second-order valence-electron chi connectivity index (χ2n) is 11.8. The number of hydrogen-bond acceptors (Lipinski definition) is 6. The van der Waals surface area contributed by atoms with Gasteiger partial charge in [-0.2, -0.15) is 0 Å². The van der Waals surface area contributed by atoms with Crippen LogP contribution in [-0.2, 0) is 18.4 Å². The van der Waals surface area contributed by atoms with Gasteiger partial charge < -0.3 is 28.8 Å². The molecule has 0 aromatic carbocycles. The Morgan fingerprint density at radius 1 is 0.857 bits per heavy atom. The number of phosphoric acid groups is 1. The number of rotatable bonds is 27. The molecule has 244 valence electrons. The van der Waals surface area contributed by atoms with Crippen molar-refractivity contribution in [2.75, 3.05) is 40.9 Å². The molecule has 42 heavy (non-hydrogen) atoms. The van der Waals surface area contributed by atoms with Crippen LogP contribution in [-0.4, -0.2) is 68.5 Å². The van der Waals surface area contributed by atoms with Gasteiger partial charge in [-0.3, -0.25) is 9.36 Å². The van der Waals surface area contributed by atoms with E-state index in [1.807, 2.05) is 27.2 Å². The lowest BCUT2D eigenvalue weighted by molar-refractivity contribution is -0.870. The number of nitrogens with zero attached hydrogens (tertiary/aromatic N) is 1. The lowest BCUT2D eigenvalue weighted by atomic mass is 10.1.